The zero-order valence-electron chi connectivity index (χ0n) is 14.5. The van der Waals surface area contributed by atoms with Crippen LogP contribution in [-0.2, 0) is 0 Å². The van der Waals surface area contributed by atoms with Crippen molar-refractivity contribution >= 4 is 33.8 Å². The predicted molar refractivity (Wildman–Crippen MR) is 103 cm³/mol. The lowest BCUT2D eigenvalue weighted by atomic mass is 10.1. The van der Waals surface area contributed by atoms with Gasteiger partial charge >= 0.3 is 0 Å². The highest BCUT2D eigenvalue weighted by Crippen LogP contribution is 2.29. The number of aromatic nitrogens is 4. The van der Waals surface area contributed by atoms with Gasteiger partial charge in [-0.25, -0.2) is 14.6 Å². The number of nitrogens with zero attached hydrogens (tertiary/aromatic N) is 4. The molecular formula is C19H17ClN4O4. The molecular weight excluding hydrogens is 384 g/mol. The topological polar surface area (TPSA) is 125 Å². The minimum Gasteiger partial charge on any atom is -0.394 e. The Kier molecular flexibility index (Phi) is 4.96. The fourth-order valence-electron chi connectivity index (χ4n) is 2.97. The third kappa shape index (κ3) is 3.21. The number of para-hydroxylation sites is 1. The van der Waals surface area contributed by atoms with Crippen molar-refractivity contribution in [2.75, 3.05) is 6.61 Å². The van der Waals surface area contributed by atoms with Gasteiger partial charge in [-0.2, -0.15) is 5.10 Å². The van der Waals surface area contributed by atoms with Crippen LogP contribution in [0.25, 0.3) is 27.9 Å². The van der Waals surface area contributed by atoms with Gasteiger partial charge in [0.1, 0.15) is 29.5 Å². The van der Waals surface area contributed by atoms with Crippen molar-refractivity contribution in [1.82, 2.24) is 19.7 Å². The molecule has 0 spiro atoms. The van der Waals surface area contributed by atoms with Crippen LogP contribution in [0.1, 0.15) is 11.8 Å². The van der Waals surface area contributed by atoms with Gasteiger partial charge < -0.3 is 20.4 Å². The maximum Gasteiger partial charge on any atom is 0.182 e. The van der Waals surface area contributed by atoms with Gasteiger partial charge in [-0.05, 0) is 30.3 Å². The number of aliphatic hydroxyl groups is 4. The number of fused-ring (bicyclic) bond motifs is 2. The van der Waals surface area contributed by atoms with Gasteiger partial charge in [0.05, 0.1) is 23.3 Å². The minimum absolute atomic E-state index is 0.0354. The lowest BCUT2D eigenvalue weighted by Crippen LogP contribution is -2.35. The fraction of sp³-hybridized carbons (Fsp3) is 0.211. The lowest BCUT2D eigenvalue weighted by molar-refractivity contribution is -0.0786. The Balaban J connectivity index is 1.98. The maximum absolute atomic E-state index is 10.6. The first-order chi connectivity index (χ1) is 13.5. The van der Waals surface area contributed by atoms with E-state index in [1.165, 1.54) is 4.68 Å². The molecule has 0 bridgehead atoms. The Hall–Kier alpha value is -2.62. The van der Waals surface area contributed by atoms with Crippen molar-refractivity contribution in [2.24, 2.45) is 0 Å². The molecule has 3 atom stereocenters. The van der Waals surface area contributed by atoms with Crippen LogP contribution < -0.4 is 0 Å². The summed E-state index contributed by atoms with van der Waals surface area (Å²) in [6.07, 6.45) is -4.76. The predicted octanol–water partition coefficient (Wildman–Crippen LogP) is 1.37. The number of rotatable bonds is 5. The van der Waals surface area contributed by atoms with Crippen LogP contribution in [-0.4, -0.2) is 59.0 Å². The Morgan fingerprint density at radius 1 is 0.964 bits per heavy atom. The second kappa shape index (κ2) is 7.42. The zero-order valence-corrected chi connectivity index (χ0v) is 15.3. The molecule has 0 saturated heterocycles. The van der Waals surface area contributed by atoms with Crippen LogP contribution in [0.4, 0.5) is 0 Å². The monoisotopic (exact) mass is 400 g/mol. The van der Waals surface area contributed by atoms with Crippen molar-refractivity contribution in [1.29, 1.82) is 0 Å². The summed E-state index contributed by atoms with van der Waals surface area (Å²) in [7, 11) is 0. The van der Waals surface area contributed by atoms with Crippen molar-refractivity contribution in [3.8, 4) is 5.69 Å². The molecule has 0 unspecified atom stereocenters. The van der Waals surface area contributed by atoms with E-state index < -0.39 is 24.9 Å². The SMILES string of the molecule is OC[C@@H](O)[C@H](O)[C@@H](O)c1nn(-c2ccccc2)c2nc3ccc(Cl)cc3nc12. The van der Waals surface area contributed by atoms with Crippen LogP contribution in [0.15, 0.2) is 48.5 Å². The molecule has 0 aliphatic heterocycles. The summed E-state index contributed by atoms with van der Waals surface area (Å²) in [5, 5.41) is 44.4. The van der Waals surface area contributed by atoms with Gasteiger partial charge in [0.25, 0.3) is 0 Å². The highest BCUT2D eigenvalue weighted by atomic mass is 35.5. The van der Waals surface area contributed by atoms with E-state index in [2.05, 4.69) is 15.1 Å². The molecule has 0 amide bonds. The molecule has 0 fully saturated rings. The number of halogens is 1. The number of benzene rings is 2. The highest BCUT2D eigenvalue weighted by Gasteiger charge is 2.31. The molecule has 4 N–H and O–H groups in total. The summed E-state index contributed by atoms with van der Waals surface area (Å²) in [5.74, 6) is 0. The highest BCUT2D eigenvalue weighted by molar-refractivity contribution is 6.31. The average Bonchev–Trinajstić information content (AvgIpc) is 3.09. The van der Waals surface area contributed by atoms with Gasteiger partial charge in [-0.3, -0.25) is 0 Å². The second-order valence-electron chi connectivity index (χ2n) is 6.35. The largest absolute Gasteiger partial charge is 0.394 e. The lowest BCUT2D eigenvalue weighted by Gasteiger charge is -2.19. The summed E-state index contributed by atoms with van der Waals surface area (Å²) >= 11 is 6.05. The molecule has 2 aromatic heterocycles. The van der Waals surface area contributed by atoms with E-state index >= 15 is 0 Å². The van der Waals surface area contributed by atoms with Crippen LogP contribution in [0, 0.1) is 0 Å². The van der Waals surface area contributed by atoms with E-state index in [-0.39, 0.29) is 11.2 Å². The fourth-order valence-corrected chi connectivity index (χ4v) is 3.14. The third-order valence-electron chi connectivity index (χ3n) is 4.44. The quantitative estimate of drug-likeness (QED) is 0.398. The van der Waals surface area contributed by atoms with Gasteiger partial charge in [-0.15, -0.1) is 0 Å². The van der Waals surface area contributed by atoms with Crippen molar-refractivity contribution < 1.29 is 20.4 Å². The molecule has 144 valence electrons. The second-order valence-corrected chi connectivity index (χ2v) is 6.78. The summed E-state index contributed by atoms with van der Waals surface area (Å²) in [6.45, 7) is -0.709. The molecule has 2 heterocycles. The van der Waals surface area contributed by atoms with E-state index in [0.29, 0.717) is 27.4 Å². The van der Waals surface area contributed by atoms with E-state index in [0.717, 1.165) is 0 Å². The van der Waals surface area contributed by atoms with Crippen LogP contribution in [0.2, 0.25) is 5.02 Å². The van der Waals surface area contributed by atoms with E-state index in [1.807, 2.05) is 30.3 Å². The molecule has 4 rings (SSSR count). The molecule has 28 heavy (non-hydrogen) atoms. The Morgan fingerprint density at radius 3 is 2.43 bits per heavy atom. The molecule has 2 aromatic carbocycles. The molecule has 8 nitrogen and oxygen atoms in total. The average molecular weight is 401 g/mol. The van der Waals surface area contributed by atoms with E-state index in [1.54, 1.807) is 18.2 Å². The Morgan fingerprint density at radius 2 is 1.71 bits per heavy atom. The summed E-state index contributed by atoms with van der Waals surface area (Å²) < 4.78 is 1.51. The summed E-state index contributed by atoms with van der Waals surface area (Å²) in [4.78, 5) is 9.12. The first-order valence-corrected chi connectivity index (χ1v) is 8.94. The van der Waals surface area contributed by atoms with Crippen molar-refractivity contribution in [3.05, 3.63) is 59.2 Å². The van der Waals surface area contributed by atoms with Gasteiger partial charge in [0.2, 0.25) is 0 Å². The molecule has 0 aliphatic carbocycles. The maximum atomic E-state index is 10.6. The Labute approximate surface area is 164 Å². The van der Waals surface area contributed by atoms with Crippen LogP contribution in [0.3, 0.4) is 0 Å². The molecule has 0 aliphatic rings. The standard InChI is InChI=1S/C19H17ClN4O4/c20-10-6-7-12-13(8-10)21-16-15(18(28)17(27)14(26)9-25)23-24(19(16)22-12)11-4-2-1-3-5-11/h1-8,14,17-18,25-28H,9H2/t14-,17+,18+/m1/s1. The van der Waals surface area contributed by atoms with Gasteiger partial charge in [0, 0.05) is 5.02 Å². The zero-order chi connectivity index (χ0) is 19.8. The van der Waals surface area contributed by atoms with E-state index in [4.69, 9.17) is 16.7 Å². The molecule has 4 aromatic rings. The third-order valence-corrected chi connectivity index (χ3v) is 4.68. The summed E-state index contributed by atoms with van der Waals surface area (Å²) in [5.41, 5.74) is 2.44. The normalized spacial score (nSPS) is 15.0. The molecule has 0 saturated carbocycles. The number of aliphatic hydroxyl groups excluding tert-OH is 4. The first kappa shape index (κ1) is 18.7. The van der Waals surface area contributed by atoms with Crippen molar-refractivity contribution in [3.63, 3.8) is 0 Å². The summed E-state index contributed by atoms with van der Waals surface area (Å²) in [6, 6.07) is 14.2. The number of hydrogen-bond donors (Lipinski definition) is 4. The molecule has 0 radical (unpaired) electrons. The Bertz CT molecular complexity index is 1140. The van der Waals surface area contributed by atoms with E-state index in [9.17, 15) is 15.3 Å². The first-order valence-electron chi connectivity index (χ1n) is 8.56. The van der Waals surface area contributed by atoms with Crippen LogP contribution in [0.5, 0.6) is 0 Å². The van der Waals surface area contributed by atoms with Crippen LogP contribution >= 0.6 is 11.6 Å². The minimum atomic E-state index is -1.65. The van der Waals surface area contributed by atoms with Crippen molar-refractivity contribution in [2.45, 2.75) is 18.3 Å². The smallest absolute Gasteiger partial charge is 0.182 e. The number of hydrogen-bond acceptors (Lipinski definition) is 7. The molecule has 9 heteroatoms. The van der Waals surface area contributed by atoms with Gasteiger partial charge in [-0.1, -0.05) is 29.8 Å². The van der Waals surface area contributed by atoms with Gasteiger partial charge in [0.15, 0.2) is 5.65 Å².